The van der Waals surface area contributed by atoms with E-state index in [0.717, 1.165) is 0 Å². The van der Waals surface area contributed by atoms with Gasteiger partial charge in [-0.2, -0.15) is 0 Å². The number of carbonyl (C=O) groups is 2. The van der Waals surface area contributed by atoms with Crippen LogP contribution in [0.25, 0.3) is 0 Å². The van der Waals surface area contributed by atoms with Crippen molar-refractivity contribution in [3.63, 3.8) is 0 Å². The van der Waals surface area contributed by atoms with Crippen molar-refractivity contribution in [3.05, 3.63) is 0 Å². The number of rotatable bonds is 3. The van der Waals surface area contributed by atoms with E-state index in [4.69, 9.17) is 10.2 Å². The van der Waals surface area contributed by atoms with Crippen LogP contribution in [0.2, 0.25) is 0 Å². The topological polar surface area (TPSA) is 121 Å². The van der Waals surface area contributed by atoms with Crippen LogP contribution in [-0.2, 0) is 50.8 Å². The van der Waals surface area contributed by atoms with E-state index in [0.29, 0.717) is 0 Å². The van der Waals surface area contributed by atoms with Gasteiger partial charge in [-0.15, -0.1) is 0 Å². The summed E-state index contributed by atoms with van der Waals surface area (Å²) >= 11 is 0. The normalized spacial score (nSPS) is 13.2. The van der Waals surface area contributed by atoms with E-state index in [2.05, 4.69) is 0 Å². The molecule has 2 N–H and O–H groups in total. The first kappa shape index (κ1) is 18.1. The second-order valence-electron chi connectivity index (χ2n) is 1.53. The number of hydrogen-bond acceptors (Lipinski definition) is 6. The molecular formula is C4H4O6TiZn. The number of carboxylic acids is 2. The van der Waals surface area contributed by atoms with Crippen molar-refractivity contribution < 1.29 is 71.2 Å². The fraction of sp³-hybridized carbons (Fsp3) is 0.500. The van der Waals surface area contributed by atoms with Gasteiger partial charge in [-0.05, 0) is 0 Å². The van der Waals surface area contributed by atoms with Crippen molar-refractivity contribution >= 4 is 11.9 Å². The molecule has 62 valence electrons. The first-order valence-corrected chi connectivity index (χ1v) is 2.24. The van der Waals surface area contributed by atoms with Crippen LogP contribution >= 0.6 is 0 Å². The Morgan fingerprint density at radius 1 is 1.00 bits per heavy atom. The van der Waals surface area contributed by atoms with Gasteiger partial charge in [0.25, 0.3) is 0 Å². The standard InChI is InChI=1S/C4H6O6.Ti.Zn/c5-1(3(7)8)2(6)4(9)10;;/h1-2,5-6H,(H,7,8)(H,9,10);;/q;;+2/p-2. The van der Waals surface area contributed by atoms with Gasteiger partial charge in [-0.25, -0.2) is 0 Å². The zero-order chi connectivity index (χ0) is 8.31. The summed E-state index contributed by atoms with van der Waals surface area (Å²) in [6.45, 7) is 0. The molecule has 2 atom stereocenters. The van der Waals surface area contributed by atoms with Gasteiger partial charge in [0, 0.05) is 21.7 Å². The minimum atomic E-state index is -2.44. The van der Waals surface area contributed by atoms with E-state index >= 15 is 0 Å². The van der Waals surface area contributed by atoms with Crippen LogP contribution in [0.3, 0.4) is 0 Å². The van der Waals surface area contributed by atoms with Crippen molar-refractivity contribution in [3.8, 4) is 0 Å². The third-order valence-corrected chi connectivity index (χ3v) is 0.782. The predicted molar refractivity (Wildman–Crippen MR) is 22.0 cm³/mol. The van der Waals surface area contributed by atoms with Gasteiger partial charge in [-0.3, -0.25) is 0 Å². The Hall–Kier alpha value is 0.198. The van der Waals surface area contributed by atoms with Crippen molar-refractivity contribution in [2.45, 2.75) is 12.2 Å². The predicted octanol–water partition coefficient (Wildman–Crippen LogP) is -4.80. The van der Waals surface area contributed by atoms with E-state index < -0.39 is 24.1 Å². The number of aliphatic carboxylic acids is 2. The number of aliphatic hydroxyl groups excluding tert-OH is 2. The van der Waals surface area contributed by atoms with Crippen molar-refractivity contribution in [2.24, 2.45) is 0 Å². The molecule has 8 heteroatoms. The Morgan fingerprint density at radius 3 is 1.25 bits per heavy atom. The molecule has 0 aliphatic carbocycles. The quantitative estimate of drug-likeness (QED) is 0.492. The summed E-state index contributed by atoms with van der Waals surface area (Å²) in [7, 11) is 0. The Morgan fingerprint density at radius 2 is 1.17 bits per heavy atom. The average Bonchev–Trinajstić information content (AvgIpc) is 1.84. The monoisotopic (exact) mass is 260 g/mol. The van der Waals surface area contributed by atoms with Crippen molar-refractivity contribution in [1.29, 1.82) is 0 Å². The number of carboxylic acid groups (broad SMARTS) is 2. The number of aliphatic hydroxyl groups is 2. The SMILES string of the molecule is O=C([O-])C(O)C(O)C(=O)[O-].[Ti].[Zn+2]. The molecule has 6 nitrogen and oxygen atoms in total. The summed E-state index contributed by atoms with van der Waals surface area (Å²) in [5.74, 6) is -4.12. The maximum absolute atomic E-state index is 9.63. The molecule has 0 aromatic carbocycles. The van der Waals surface area contributed by atoms with Gasteiger partial charge in [0.15, 0.2) is 0 Å². The molecule has 0 rings (SSSR count). The second kappa shape index (κ2) is 7.83. The van der Waals surface area contributed by atoms with E-state index in [1.54, 1.807) is 0 Å². The van der Waals surface area contributed by atoms with Crippen LogP contribution in [0.1, 0.15) is 0 Å². The summed E-state index contributed by atoms with van der Waals surface area (Å²) in [5.41, 5.74) is 0. The molecule has 0 aromatic heterocycles. The Labute approximate surface area is 95.2 Å². The van der Waals surface area contributed by atoms with Crippen molar-refractivity contribution in [2.75, 3.05) is 0 Å². The second-order valence-corrected chi connectivity index (χ2v) is 1.53. The molecule has 0 bridgehead atoms. The summed E-state index contributed by atoms with van der Waals surface area (Å²) in [4.78, 5) is 19.3. The fourth-order valence-corrected chi connectivity index (χ4v) is 0.258. The molecule has 0 radical (unpaired) electrons. The molecular weight excluding hydrogens is 257 g/mol. The molecule has 0 saturated carbocycles. The van der Waals surface area contributed by atoms with Gasteiger partial charge in [0.2, 0.25) is 0 Å². The Balaban J connectivity index is -0.000000405. The molecule has 0 heterocycles. The van der Waals surface area contributed by atoms with E-state index in [1.165, 1.54) is 0 Å². The van der Waals surface area contributed by atoms with Crippen molar-refractivity contribution in [1.82, 2.24) is 0 Å². The summed E-state index contributed by atoms with van der Waals surface area (Å²) in [5, 5.41) is 35.7. The minimum Gasteiger partial charge on any atom is -0.547 e. The van der Waals surface area contributed by atoms with Gasteiger partial charge >= 0.3 is 19.5 Å². The largest absolute Gasteiger partial charge is 2.00 e. The van der Waals surface area contributed by atoms with Gasteiger partial charge in [0.05, 0.1) is 11.9 Å². The summed E-state index contributed by atoms with van der Waals surface area (Å²) in [6.07, 6.45) is -4.88. The van der Waals surface area contributed by atoms with E-state index in [9.17, 15) is 19.8 Å². The summed E-state index contributed by atoms with van der Waals surface area (Å²) < 4.78 is 0. The molecule has 0 aliphatic heterocycles. The summed E-state index contributed by atoms with van der Waals surface area (Å²) in [6, 6.07) is 0. The van der Waals surface area contributed by atoms with Gasteiger partial charge in [-0.1, -0.05) is 0 Å². The van der Waals surface area contributed by atoms with Crippen LogP contribution < -0.4 is 10.2 Å². The first-order valence-electron chi connectivity index (χ1n) is 2.24. The molecule has 0 spiro atoms. The van der Waals surface area contributed by atoms with Crippen LogP contribution in [0.5, 0.6) is 0 Å². The molecule has 12 heavy (non-hydrogen) atoms. The first-order chi connectivity index (χ1) is 4.46. The number of hydrogen-bond donors (Lipinski definition) is 2. The molecule has 0 amide bonds. The minimum absolute atomic E-state index is 0. The maximum Gasteiger partial charge on any atom is 2.00 e. The Bertz CT molecular complexity index is 144. The van der Waals surface area contributed by atoms with Crippen LogP contribution in [0, 0.1) is 0 Å². The number of carbonyl (C=O) groups excluding carboxylic acids is 2. The fourth-order valence-electron chi connectivity index (χ4n) is 0.258. The van der Waals surface area contributed by atoms with Crippen LogP contribution in [-0.4, -0.2) is 34.4 Å². The zero-order valence-electron chi connectivity index (χ0n) is 5.89. The molecule has 0 aromatic rings. The van der Waals surface area contributed by atoms with E-state index in [-0.39, 0.29) is 41.2 Å². The molecule has 0 aliphatic rings. The Kier molecular flexibility index (Phi) is 11.8. The smallest absolute Gasteiger partial charge is 0.547 e. The third-order valence-electron chi connectivity index (χ3n) is 0.782. The molecule has 0 saturated heterocycles. The van der Waals surface area contributed by atoms with Crippen LogP contribution in [0.4, 0.5) is 0 Å². The van der Waals surface area contributed by atoms with Gasteiger partial charge < -0.3 is 30.0 Å². The van der Waals surface area contributed by atoms with Crippen LogP contribution in [0.15, 0.2) is 0 Å². The van der Waals surface area contributed by atoms with Gasteiger partial charge in [0.1, 0.15) is 12.2 Å². The third kappa shape index (κ3) is 5.80. The van der Waals surface area contributed by atoms with E-state index in [1.807, 2.05) is 0 Å². The maximum atomic E-state index is 9.63. The zero-order valence-corrected chi connectivity index (χ0v) is 10.4. The molecule has 2 unspecified atom stereocenters. The molecule has 0 fully saturated rings. The average molecular weight is 261 g/mol.